The van der Waals surface area contributed by atoms with Gasteiger partial charge in [-0.3, -0.25) is 0 Å². The number of methoxy groups -OCH3 is 1. The first kappa shape index (κ1) is 8.97. The van der Waals surface area contributed by atoms with Crippen LogP contribution in [-0.2, 0) is 4.74 Å². The zero-order chi connectivity index (χ0) is 8.27. The summed E-state index contributed by atoms with van der Waals surface area (Å²) in [7, 11) is 3.87. The van der Waals surface area contributed by atoms with Gasteiger partial charge in [0, 0.05) is 26.7 Å². The number of nitrogens with zero attached hydrogens (tertiary/aromatic N) is 2. The van der Waals surface area contributed by atoms with E-state index in [1.807, 2.05) is 0 Å². The molecule has 1 rings (SSSR count). The standard InChI is InChI=1S/C8H17N2O/c1-7(11-3)8-6-10(2)5-4-9-8/h7-8H,4-6H2,1-3H3. The second-order valence-electron chi connectivity index (χ2n) is 3.18. The van der Waals surface area contributed by atoms with E-state index in [1.54, 1.807) is 7.11 Å². The molecule has 0 N–H and O–H groups in total. The molecule has 1 radical (unpaired) electrons. The first-order chi connectivity index (χ1) is 5.24. The highest BCUT2D eigenvalue weighted by molar-refractivity contribution is 4.80. The van der Waals surface area contributed by atoms with Crippen LogP contribution in [0.3, 0.4) is 0 Å². The third-order valence-corrected chi connectivity index (χ3v) is 2.26. The molecule has 1 saturated heterocycles. The lowest BCUT2D eigenvalue weighted by molar-refractivity contribution is 0.0561. The Morgan fingerprint density at radius 1 is 1.64 bits per heavy atom. The Kier molecular flexibility index (Phi) is 3.30. The Labute approximate surface area is 68.7 Å². The molecule has 0 amide bonds. The largest absolute Gasteiger partial charge is 0.380 e. The van der Waals surface area contributed by atoms with E-state index in [-0.39, 0.29) is 6.10 Å². The van der Waals surface area contributed by atoms with Gasteiger partial charge in [0.15, 0.2) is 0 Å². The molecule has 0 aromatic heterocycles. The van der Waals surface area contributed by atoms with Crippen LogP contribution >= 0.6 is 0 Å². The Morgan fingerprint density at radius 3 is 2.91 bits per heavy atom. The van der Waals surface area contributed by atoms with Crippen molar-refractivity contribution in [2.45, 2.75) is 19.1 Å². The van der Waals surface area contributed by atoms with Crippen LogP contribution < -0.4 is 5.32 Å². The van der Waals surface area contributed by atoms with Gasteiger partial charge in [-0.25, -0.2) is 5.32 Å². The third kappa shape index (κ3) is 2.43. The van der Waals surface area contributed by atoms with Crippen LogP contribution in [0.1, 0.15) is 6.92 Å². The number of hydrogen-bond acceptors (Lipinski definition) is 2. The lowest BCUT2D eigenvalue weighted by Gasteiger charge is -2.32. The van der Waals surface area contributed by atoms with Crippen molar-refractivity contribution in [2.24, 2.45) is 0 Å². The Bertz CT molecular complexity index is 119. The topological polar surface area (TPSA) is 26.6 Å². The van der Waals surface area contributed by atoms with E-state index in [0.29, 0.717) is 6.04 Å². The maximum atomic E-state index is 5.22. The van der Waals surface area contributed by atoms with Gasteiger partial charge in [0.1, 0.15) is 0 Å². The summed E-state index contributed by atoms with van der Waals surface area (Å²) >= 11 is 0. The Morgan fingerprint density at radius 2 is 2.36 bits per heavy atom. The monoisotopic (exact) mass is 157 g/mol. The average Bonchev–Trinajstić information content (AvgIpc) is 2.03. The first-order valence-electron chi connectivity index (χ1n) is 4.12. The number of ether oxygens (including phenoxy) is 1. The van der Waals surface area contributed by atoms with Crippen molar-refractivity contribution in [3.05, 3.63) is 0 Å². The number of piperazine rings is 1. The summed E-state index contributed by atoms with van der Waals surface area (Å²) < 4.78 is 5.22. The van der Waals surface area contributed by atoms with Crippen molar-refractivity contribution in [1.82, 2.24) is 10.2 Å². The molecule has 1 aliphatic rings. The van der Waals surface area contributed by atoms with Crippen molar-refractivity contribution in [2.75, 3.05) is 33.8 Å². The summed E-state index contributed by atoms with van der Waals surface area (Å²) in [6, 6.07) is 0.374. The van der Waals surface area contributed by atoms with E-state index >= 15 is 0 Å². The number of rotatable bonds is 2. The molecule has 0 spiro atoms. The number of hydrogen-bond donors (Lipinski definition) is 0. The normalized spacial score (nSPS) is 30.3. The Hall–Kier alpha value is -0.120. The molecule has 1 heterocycles. The molecular formula is C8H17N2O. The van der Waals surface area contributed by atoms with Crippen LogP contribution in [-0.4, -0.2) is 50.8 Å². The SMILES string of the molecule is COC(C)C1CN(C)CC[N]1. The van der Waals surface area contributed by atoms with Crippen LogP contribution in [0, 0.1) is 0 Å². The lowest BCUT2D eigenvalue weighted by atomic mass is 10.1. The van der Waals surface area contributed by atoms with Crippen molar-refractivity contribution in [1.29, 1.82) is 0 Å². The molecule has 2 unspecified atom stereocenters. The van der Waals surface area contributed by atoms with Gasteiger partial charge in [0.2, 0.25) is 0 Å². The molecule has 0 aromatic rings. The minimum Gasteiger partial charge on any atom is -0.380 e. The van der Waals surface area contributed by atoms with Crippen molar-refractivity contribution in [3.63, 3.8) is 0 Å². The van der Waals surface area contributed by atoms with E-state index in [2.05, 4.69) is 24.2 Å². The van der Waals surface area contributed by atoms with E-state index in [0.717, 1.165) is 19.6 Å². The predicted molar refractivity (Wildman–Crippen MR) is 44.8 cm³/mol. The molecule has 0 aromatic carbocycles. The van der Waals surface area contributed by atoms with Crippen molar-refractivity contribution in [3.8, 4) is 0 Å². The molecular weight excluding hydrogens is 140 g/mol. The molecule has 3 heteroatoms. The van der Waals surface area contributed by atoms with Gasteiger partial charge < -0.3 is 9.64 Å². The maximum absolute atomic E-state index is 5.22. The van der Waals surface area contributed by atoms with Gasteiger partial charge in [-0.1, -0.05) is 0 Å². The summed E-state index contributed by atoms with van der Waals surface area (Å²) in [5.74, 6) is 0. The van der Waals surface area contributed by atoms with Crippen LogP contribution in [0.2, 0.25) is 0 Å². The third-order valence-electron chi connectivity index (χ3n) is 2.26. The fourth-order valence-corrected chi connectivity index (χ4v) is 1.32. The highest BCUT2D eigenvalue weighted by Crippen LogP contribution is 2.04. The van der Waals surface area contributed by atoms with Gasteiger partial charge in [-0.05, 0) is 14.0 Å². The summed E-state index contributed by atoms with van der Waals surface area (Å²) in [5.41, 5.74) is 0. The molecule has 11 heavy (non-hydrogen) atoms. The molecule has 1 aliphatic heterocycles. The van der Waals surface area contributed by atoms with Gasteiger partial charge >= 0.3 is 0 Å². The van der Waals surface area contributed by atoms with Gasteiger partial charge in [-0.15, -0.1) is 0 Å². The lowest BCUT2D eigenvalue weighted by Crippen LogP contribution is -2.50. The average molecular weight is 157 g/mol. The molecule has 0 bridgehead atoms. The zero-order valence-corrected chi connectivity index (χ0v) is 7.58. The first-order valence-corrected chi connectivity index (χ1v) is 4.12. The molecule has 2 atom stereocenters. The maximum Gasteiger partial charge on any atom is 0.0724 e. The van der Waals surface area contributed by atoms with E-state index in [9.17, 15) is 0 Å². The second-order valence-corrected chi connectivity index (χ2v) is 3.18. The van der Waals surface area contributed by atoms with Crippen molar-refractivity contribution >= 4 is 0 Å². The predicted octanol–water partition coefficient (Wildman–Crippen LogP) is -0.0603. The molecule has 1 fully saturated rings. The summed E-state index contributed by atoms with van der Waals surface area (Å²) in [6.07, 6.45) is 0.262. The fourth-order valence-electron chi connectivity index (χ4n) is 1.32. The fraction of sp³-hybridized carbons (Fsp3) is 1.00. The van der Waals surface area contributed by atoms with Crippen LogP contribution in [0.25, 0.3) is 0 Å². The Balaban J connectivity index is 2.33. The molecule has 3 nitrogen and oxygen atoms in total. The summed E-state index contributed by atoms with van der Waals surface area (Å²) in [6.45, 7) is 5.16. The number of likely N-dealkylation sites (N-methyl/N-ethyl adjacent to an activating group) is 1. The van der Waals surface area contributed by atoms with E-state index in [4.69, 9.17) is 4.74 Å². The van der Waals surface area contributed by atoms with Gasteiger partial charge in [-0.2, -0.15) is 0 Å². The van der Waals surface area contributed by atoms with Crippen molar-refractivity contribution < 1.29 is 4.74 Å². The van der Waals surface area contributed by atoms with Crippen LogP contribution in [0.15, 0.2) is 0 Å². The zero-order valence-electron chi connectivity index (χ0n) is 7.58. The summed E-state index contributed by atoms with van der Waals surface area (Å²) in [4.78, 5) is 2.30. The summed E-state index contributed by atoms with van der Waals surface area (Å²) in [5, 5.41) is 4.48. The van der Waals surface area contributed by atoms with Crippen LogP contribution in [0.4, 0.5) is 0 Å². The van der Waals surface area contributed by atoms with Gasteiger partial charge in [0.05, 0.1) is 12.1 Å². The van der Waals surface area contributed by atoms with E-state index < -0.39 is 0 Å². The highest BCUT2D eigenvalue weighted by atomic mass is 16.5. The second kappa shape index (κ2) is 4.04. The molecule has 0 saturated carbocycles. The molecule has 65 valence electrons. The van der Waals surface area contributed by atoms with Crippen LogP contribution in [0.5, 0.6) is 0 Å². The molecule has 0 aliphatic carbocycles. The van der Waals surface area contributed by atoms with E-state index in [1.165, 1.54) is 0 Å². The van der Waals surface area contributed by atoms with Gasteiger partial charge in [0.25, 0.3) is 0 Å². The highest BCUT2D eigenvalue weighted by Gasteiger charge is 2.22. The minimum atomic E-state index is 0.262. The smallest absolute Gasteiger partial charge is 0.0724 e. The quantitative estimate of drug-likeness (QED) is 0.561. The minimum absolute atomic E-state index is 0.262.